The third kappa shape index (κ3) is 4.87. The number of rotatable bonds is 5. The van der Waals surface area contributed by atoms with Gasteiger partial charge in [-0.1, -0.05) is 0 Å². The number of ether oxygens (including phenoxy) is 2. The van der Waals surface area contributed by atoms with Gasteiger partial charge in [-0.2, -0.15) is 0 Å². The zero-order valence-corrected chi connectivity index (χ0v) is 13.6. The van der Waals surface area contributed by atoms with Crippen molar-refractivity contribution in [2.75, 3.05) is 12.4 Å². The van der Waals surface area contributed by atoms with Crippen molar-refractivity contribution >= 4 is 23.5 Å². The van der Waals surface area contributed by atoms with Gasteiger partial charge in [0, 0.05) is 5.69 Å². The van der Waals surface area contributed by atoms with Gasteiger partial charge in [0.05, 0.1) is 18.2 Å². The van der Waals surface area contributed by atoms with E-state index in [9.17, 15) is 18.8 Å². The Labute approximate surface area is 143 Å². The SMILES string of the molecule is COC(=O)c1ccc(C(=O)O[C@H](C)C(=O)Nc2ccc(F)cc2)cc1. The highest BCUT2D eigenvalue weighted by Gasteiger charge is 2.19. The van der Waals surface area contributed by atoms with Crippen LogP contribution in [-0.2, 0) is 14.3 Å². The summed E-state index contributed by atoms with van der Waals surface area (Å²) in [5.41, 5.74) is 0.868. The molecule has 1 N–H and O–H groups in total. The topological polar surface area (TPSA) is 81.7 Å². The quantitative estimate of drug-likeness (QED) is 0.843. The molecule has 25 heavy (non-hydrogen) atoms. The Bertz CT molecular complexity index is 771. The number of carbonyl (C=O) groups is 3. The number of nitrogens with one attached hydrogen (secondary N) is 1. The monoisotopic (exact) mass is 345 g/mol. The molecule has 2 aromatic rings. The molecule has 130 valence electrons. The van der Waals surface area contributed by atoms with Crippen LogP contribution in [0.4, 0.5) is 10.1 Å². The summed E-state index contributed by atoms with van der Waals surface area (Å²) in [6.45, 7) is 1.42. The lowest BCUT2D eigenvalue weighted by molar-refractivity contribution is -0.123. The molecular weight excluding hydrogens is 329 g/mol. The van der Waals surface area contributed by atoms with Gasteiger partial charge in [0.1, 0.15) is 5.82 Å². The minimum atomic E-state index is -1.06. The fourth-order valence-corrected chi connectivity index (χ4v) is 1.92. The fourth-order valence-electron chi connectivity index (χ4n) is 1.92. The van der Waals surface area contributed by atoms with Gasteiger partial charge in [-0.15, -0.1) is 0 Å². The van der Waals surface area contributed by atoms with Crippen molar-refractivity contribution in [2.45, 2.75) is 13.0 Å². The molecule has 2 aromatic carbocycles. The summed E-state index contributed by atoms with van der Waals surface area (Å²) < 4.78 is 22.5. The van der Waals surface area contributed by atoms with Gasteiger partial charge in [-0.25, -0.2) is 14.0 Å². The van der Waals surface area contributed by atoms with Gasteiger partial charge in [-0.3, -0.25) is 4.79 Å². The number of hydrogen-bond acceptors (Lipinski definition) is 5. The zero-order chi connectivity index (χ0) is 18.4. The molecule has 2 rings (SSSR count). The normalized spacial score (nSPS) is 11.3. The lowest BCUT2D eigenvalue weighted by Crippen LogP contribution is -2.30. The van der Waals surface area contributed by atoms with Crippen LogP contribution in [0.2, 0.25) is 0 Å². The molecule has 6 nitrogen and oxygen atoms in total. The van der Waals surface area contributed by atoms with E-state index in [0.29, 0.717) is 11.3 Å². The summed E-state index contributed by atoms with van der Waals surface area (Å²) in [5.74, 6) is -2.20. The summed E-state index contributed by atoms with van der Waals surface area (Å²) in [6, 6.07) is 10.8. The van der Waals surface area contributed by atoms with Gasteiger partial charge in [0.25, 0.3) is 5.91 Å². The van der Waals surface area contributed by atoms with E-state index in [-0.39, 0.29) is 5.56 Å². The molecule has 0 aromatic heterocycles. The van der Waals surface area contributed by atoms with E-state index < -0.39 is 29.8 Å². The Kier molecular flexibility index (Phi) is 5.84. The average Bonchev–Trinajstić information content (AvgIpc) is 2.62. The molecular formula is C18H16FNO5. The summed E-state index contributed by atoms with van der Waals surface area (Å²) in [4.78, 5) is 35.4. The van der Waals surface area contributed by atoms with E-state index in [2.05, 4.69) is 10.1 Å². The van der Waals surface area contributed by atoms with E-state index in [1.54, 1.807) is 0 Å². The number of esters is 2. The molecule has 0 aliphatic carbocycles. The van der Waals surface area contributed by atoms with Crippen LogP contribution in [0.25, 0.3) is 0 Å². The standard InChI is InChI=1S/C18H16FNO5/c1-11(16(21)20-15-9-7-14(19)8-10-15)25-18(23)13-5-3-12(4-6-13)17(22)24-2/h3-11H,1-2H3,(H,20,21)/t11-/m1/s1. The van der Waals surface area contributed by atoms with E-state index in [1.807, 2.05) is 0 Å². The summed E-state index contributed by atoms with van der Waals surface area (Å²) in [6.07, 6.45) is -1.06. The minimum Gasteiger partial charge on any atom is -0.465 e. The number of carbonyl (C=O) groups excluding carboxylic acids is 3. The van der Waals surface area contributed by atoms with Crippen molar-refractivity contribution in [1.29, 1.82) is 0 Å². The highest BCUT2D eigenvalue weighted by Crippen LogP contribution is 2.11. The first-order valence-electron chi connectivity index (χ1n) is 7.36. The first-order chi connectivity index (χ1) is 11.9. The molecule has 0 saturated heterocycles. The van der Waals surface area contributed by atoms with Gasteiger partial charge in [0.15, 0.2) is 6.10 Å². The molecule has 0 spiro atoms. The van der Waals surface area contributed by atoms with Crippen LogP contribution >= 0.6 is 0 Å². The number of anilines is 1. The highest BCUT2D eigenvalue weighted by molar-refractivity contribution is 5.98. The second-order valence-corrected chi connectivity index (χ2v) is 5.11. The minimum absolute atomic E-state index is 0.189. The van der Waals surface area contributed by atoms with Gasteiger partial charge >= 0.3 is 11.9 Å². The second-order valence-electron chi connectivity index (χ2n) is 5.11. The highest BCUT2D eigenvalue weighted by atomic mass is 19.1. The van der Waals surface area contributed by atoms with Crippen molar-refractivity contribution in [1.82, 2.24) is 0 Å². The number of amides is 1. The van der Waals surface area contributed by atoms with Crippen LogP contribution in [0.3, 0.4) is 0 Å². The van der Waals surface area contributed by atoms with Crippen molar-refractivity contribution in [3.8, 4) is 0 Å². The van der Waals surface area contributed by atoms with Crippen LogP contribution in [0.5, 0.6) is 0 Å². The van der Waals surface area contributed by atoms with E-state index in [0.717, 1.165) is 0 Å². The average molecular weight is 345 g/mol. The first-order valence-corrected chi connectivity index (χ1v) is 7.36. The maximum Gasteiger partial charge on any atom is 0.338 e. The summed E-state index contributed by atoms with van der Waals surface area (Å²) in [7, 11) is 1.26. The lowest BCUT2D eigenvalue weighted by atomic mass is 10.1. The molecule has 0 unspecified atom stereocenters. The van der Waals surface area contributed by atoms with E-state index in [1.165, 1.54) is 62.6 Å². The largest absolute Gasteiger partial charge is 0.465 e. The predicted octanol–water partition coefficient (Wildman–Crippen LogP) is 2.80. The Balaban J connectivity index is 1.95. The molecule has 0 aliphatic rings. The molecule has 0 radical (unpaired) electrons. The number of benzene rings is 2. The van der Waals surface area contributed by atoms with Crippen LogP contribution in [0, 0.1) is 5.82 Å². The molecule has 1 amide bonds. The Morgan fingerprint density at radius 2 is 1.44 bits per heavy atom. The lowest BCUT2D eigenvalue weighted by Gasteiger charge is -2.13. The Hall–Kier alpha value is -3.22. The molecule has 1 atom stereocenters. The Morgan fingerprint density at radius 1 is 0.920 bits per heavy atom. The van der Waals surface area contributed by atoms with Crippen molar-refractivity contribution in [2.24, 2.45) is 0 Å². The van der Waals surface area contributed by atoms with Crippen LogP contribution < -0.4 is 5.32 Å². The molecule has 7 heteroatoms. The number of methoxy groups -OCH3 is 1. The number of hydrogen-bond donors (Lipinski definition) is 1. The third-order valence-electron chi connectivity index (χ3n) is 3.31. The predicted molar refractivity (Wildman–Crippen MR) is 87.7 cm³/mol. The van der Waals surface area contributed by atoms with Gasteiger partial charge < -0.3 is 14.8 Å². The smallest absolute Gasteiger partial charge is 0.338 e. The maximum atomic E-state index is 12.8. The van der Waals surface area contributed by atoms with Crippen LogP contribution in [0.1, 0.15) is 27.6 Å². The van der Waals surface area contributed by atoms with Gasteiger partial charge in [-0.05, 0) is 55.5 Å². The van der Waals surface area contributed by atoms with Crippen LogP contribution in [-0.4, -0.2) is 31.1 Å². The van der Waals surface area contributed by atoms with Crippen molar-refractivity contribution in [3.63, 3.8) is 0 Å². The molecule has 0 heterocycles. The molecule has 0 bridgehead atoms. The van der Waals surface area contributed by atoms with Crippen molar-refractivity contribution < 1.29 is 28.2 Å². The van der Waals surface area contributed by atoms with Crippen LogP contribution in [0.15, 0.2) is 48.5 Å². The third-order valence-corrected chi connectivity index (χ3v) is 3.31. The van der Waals surface area contributed by atoms with Gasteiger partial charge in [0.2, 0.25) is 0 Å². The molecule has 0 aliphatic heterocycles. The molecule has 0 saturated carbocycles. The summed E-state index contributed by atoms with van der Waals surface area (Å²) in [5, 5.41) is 2.51. The second kappa shape index (κ2) is 8.05. The maximum absolute atomic E-state index is 12.8. The summed E-state index contributed by atoms with van der Waals surface area (Å²) >= 11 is 0. The van der Waals surface area contributed by atoms with Crippen molar-refractivity contribution in [3.05, 3.63) is 65.5 Å². The van der Waals surface area contributed by atoms with E-state index >= 15 is 0 Å². The fraction of sp³-hybridized carbons (Fsp3) is 0.167. The zero-order valence-electron chi connectivity index (χ0n) is 13.6. The molecule has 0 fully saturated rings. The number of halogens is 1. The van der Waals surface area contributed by atoms with E-state index in [4.69, 9.17) is 4.74 Å². The Morgan fingerprint density at radius 3 is 1.96 bits per heavy atom. The first kappa shape index (κ1) is 18.1.